The maximum atomic E-state index is 5.64. The Morgan fingerprint density at radius 1 is 1.44 bits per heavy atom. The second-order valence-electron chi connectivity index (χ2n) is 5.08. The topological polar surface area (TPSA) is 24.5 Å². The van der Waals surface area contributed by atoms with Crippen molar-refractivity contribution < 1.29 is 4.74 Å². The van der Waals surface area contributed by atoms with Gasteiger partial charge in [-0.15, -0.1) is 0 Å². The average Bonchev–Trinajstić information content (AvgIpc) is 2.70. The highest BCUT2D eigenvalue weighted by Gasteiger charge is 2.31. The van der Waals surface area contributed by atoms with Gasteiger partial charge in [0.2, 0.25) is 0 Å². The molecule has 3 heteroatoms. The molecule has 4 atom stereocenters. The van der Waals surface area contributed by atoms with E-state index in [1.54, 1.807) is 0 Å². The normalized spacial score (nSPS) is 29.6. The first kappa shape index (κ1) is 13.9. The quantitative estimate of drug-likeness (QED) is 0.751. The number of likely N-dealkylation sites (N-methyl/N-ethyl adjacent to an activating group) is 1. The van der Waals surface area contributed by atoms with Crippen molar-refractivity contribution in [3.05, 3.63) is 0 Å². The second kappa shape index (κ2) is 6.58. The number of hydrogen-bond donors (Lipinski definition) is 1. The van der Waals surface area contributed by atoms with Crippen molar-refractivity contribution in [3.8, 4) is 0 Å². The van der Waals surface area contributed by atoms with Crippen LogP contribution in [0.2, 0.25) is 0 Å². The molecular formula is C13H28N2O. The van der Waals surface area contributed by atoms with Gasteiger partial charge in [0.15, 0.2) is 0 Å². The summed E-state index contributed by atoms with van der Waals surface area (Å²) in [5.74, 6) is 0. The number of hydrogen-bond acceptors (Lipinski definition) is 3. The molecule has 0 aromatic rings. The van der Waals surface area contributed by atoms with E-state index in [9.17, 15) is 0 Å². The molecule has 1 heterocycles. The Hall–Kier alpha value is -0.120. The summed E-state index contributed by atoms with van der Waals surface area (Å²) in [6.07, 6.45) is 2.75. The van der Waals surface area contributed by atoms with Gasteiger partial charge in [0.05, 0.1) is 6.10 Å². The molecule has 0 amide bonds. The fourth-order valence-corrected chi connectivity index (χ4v) is 2.45. The van der Waals surface area contributed by atoms with E-state index in [0.29, 0.717) is 24.2 Å². The molecule has 1 aliphatic heterocycles. The molecule has 0 aromatic heterocycles. The Labute approximate surface area is 101 Å². The molecule has 96 valence electrons. The molecule has 4 unspecified atom stereocenters. The highest BCUT2D eigenvalue weighted by Crippen LogP contribution is 2.20. The van der Waals surface area contributed by atoms with Crippen LogP contribution in [-0.4, -0.2) is 49.3 Å². The zero-order chi connectivity index (χ0) is 12.1. The minimum Gasteiger partial charge on any atom is -0.377 e. The lowest BCUT2D eigenvalue weighted by Gasteiger charge is -2.36. The van der Waals surface area contributed by atoms with Crippen LogP contribution in [0, 0.1) is 0 Å². The lowest BCUT2D eigenvalue weighted by Crippen LogP contribution is -2.51. The summed E-state index contributed by atoms with van der Waals surface area (Å²) >= 11 is 0. The summed E-state index contributed by atoms with van der Waals surface area (Å²) in [5.41, 5.74) is 0. The fourth-order valence-electron chi connectivity index (χ4n) is 2.45. The molecule has 1 rings (SSSR count). The van der Waals surface area contributed by atoms with Crippen molar-refractivity contribution in [3.63, 3.8) is 0 Å². The Balaban J connectivity index is 2.42. The van der Waals surface area contributed by atoms with Gasteiger partial charge in [-0.1, -0.05) is 6.92 Å². The molecule has 1 saturated heterocycles. The molecule has 1 aliphatic rings. The van der Waals surface area contributed by atoms with E-state index in [1.807, 2.05) is 0 Å². The predicted molar refractivity (Wildman–Crippen MR) is 68.8 cm³/mol. The van der Waals surface area contributed by atoms with Crippen LogP contribution >= 0.6 is 0 Å². The van der Waals surface area contributed by atoms with Crippen LogP contribution < -0.4 is 5.32 Å². The minimum atomic E-state index is 0.380. The standard InChI is InChI=1S/C13H28N2O/c1-6-8-14-10(2)11(3)15(5)13-7-9-16-12(13)4/h10-14H,6-9H2,1-5H3. The van der Waals surface area contributed by atoms with Gasteiger partial charge in [0.25, 0.3) is 0 Å². The molecular weight excluding hydrogens is 200 g/mol. The summed E-state index contributed by atoms with van der Waals surface area (Å²) in [6, 6.07) is 1.68. The van der Waals surface area contributed by atoms with Gasteiger partial charge in [-0.25, -0.2) is 0 Å². The van der Waals surface area contributed by atoms with Crippen LogP contribution in [0.4, 0.5) is 0 Å². The molecule has 1 N–H and O–H groups in total. The van der Waals surface area contributed by atoms with Crippen molar-refractivity contribution in [1.29, 1.82) is 0 Å². The van der Waals surface area contributed by atoms with E-state index in [0.717, 1.165) is 13.2 Å². The maximum absolute atomic E-state index is 5.64. The largest absolute Gasteiger partial charge is 0.377 e. The van der Waals surface area contributed by atoms with E-state index in [4.69, 9.17) is 4.74 Å². The monoisotopic (exact) mass is 228 g/mol. The smallest absolute Gasteiger partial charge is 0.0703 e. The number of ether oxygens (including phenoxy) is 1. The first-order chi connectivity index (χ1) is 7.57. The summed E-state index contributed by atoms with van der Waals surface area (Å²) in [6.45, 7) is 11.0. The third-order valence-corrected chi connectivity index (χ3v) is 3.94. The lowest BCUT2D eigenvalue weighted by molar-refractivity contribution is 0.0638. The van der Waals surface area contributed by atoms with Gasteiger partial charge in [0.1, 0.15) is 0 Å². The summed E-state index contributed by atoms with van der Waals surface area (Å²) in [4.78, 5) is 2.48. The average molecular weight is 228 g/mol. The lowest BCUT2D eigenvalue weighted by atomic mass is 10.0. The zero-order valence-electron chi connectivity index (χ0n) is 11.5. The molecule has 0 aromatic carbocycles. The van der Waals surface area contributed by atoms with Gasteiger partial charge in [-0.05, 0) is 47.2 Å². The Kier molecular flexibility index (Phi) is 5.73. The van der Waals surface area contributed by atoms with Gasteiger partial charge >= 0.3 is 0 Å². The highest BCUT2D eigenvalue weighted by molar-refractivity contribution is 4.86. The maximum Gasteiger partial charge on any atom is 0.0703 e. The summed E-state index contributed by atoms with van der Waals surface area (Å²) < 4.78 is 5.64. The van der Waals surface area contributed by atoms with Crippen molar-refractivity contribution in [2.45, 2.75) is 64.8 Å². The zero-order valence-corrected chi connectivity index (χ0v) is 11.5. The first-order valence-corrected chi connectivity index (χ1v) is 6.64. The van der Waals surface area contributed by atoms with Crippen molar-refractivity contribution >= 4 is 0 Å². The van der Waals surface area contributed by atoms with Gasteiger partial charge in [-0.2, -0.15) is 0 Å². The van der Waals surface area contributed by atoms with E-state index in [1.165, 1.54) is 12.8 Å². The molecule has 0 bridgehead atoms. The summed E-state index contributed by atoms with van der Waals surface area (Å²) in [5, 5.41) is 3.57. The third kappa shape index (κ3) is 3.44. The SMILES string of the molecule is CCCNC(C)C(C)N(C)C1CCOC1C. The third-order valence-electron chi connectivity index (χ3n) is 3.94. The van der Waals surface area contributed by atoms with Crippen LogP contribution in [0.25, 0.3) is 0 Å². The second-order valence-corrected chi connectivity index (χ2v) is 5.08. The molecule has 0 saturated carbocycles. The Morgan fingerprint density at radius 3 is 2.62 bits per heavy atom. The van der Waals surface area contributed by atoms with Crippen LogP contribution in [0.3, 0.4) is 0 Å². The Morgan fingerprint density at radius 2 is 2.12 bits per heavy atom. The van der Waals surface area contributed by atoms with Crippen LogP contribution in [0.1, 0.15) is 40.5 Å². The van der Waals surface area contributed by atoms with Crippen LogP contribution in [-0.2, 0) is 4.74 Å². The minimum absolute atomic E-state index is 0.380. The molecule has 0 radical (unpaired) electrons. The van der Waals surface area contributed by atoms with Crippen LogP contribution in [0.15, 0.2) is 0 Å². The number of nitrogens with zero attached hydrogens (tertiary/aromatic N) is 1. The molecule has 0 spiro atoms. The number of rotatable bonds is 6. The molecule has 16 heavy (non-hydrogen) atoms. The van der Waals surface area contributed by atoms with E-state index in [2.05, 4.69) is 45.0 Å². The molecule has 3 nitrogen and oxygen atoms in total. The summed E-state index contributed by atoms with van der Waals surface area (Å²) in [7, 11) is 2.23. The fraction of sp³-hybridized carbons (Fsp3) is 1.00. The van der Waals surface area contributed by atoms with Gasteiger partial charge < -0.3 is 10.1 Å². The van der Waals surface area contributed by atoms with E-state index in [-0.39, 0.29) is 0 Å². The molecule has 1 fully saturated rings. The van der Waals surface area contributed by atoms with Gasteiger partial charge in [-0.3, -0.25) is 4.90 Å². The Bertz CT molecular complexity index is 198. The highest BCUT2D eigenvalue weighted by atomic mass is 16.5. The van der Waals surface area contributed by atoms with Crippen molar-refractivity contribution in [2.24, 2.45) is 0 Å². The van der Waals surface area contributed by atoms with Crippen molar-refractivity contribution in [2.75, 3.05) is 20.2 Å². The van der Waals surface area contributed by atoms with Gasteiger partial charge in [0, 0.05) is 24.7 Å². The number of nitrogens with one attached hydrogen (secondary N) is 1. The first-order valence-electron chi connectivity index (χ1n) is 6.64. The predicted octanol–water partition coefficient (Wildman–Crippen LogP) is 1.87. The van der Waals surface area contributed by atoms with E-state index < -0.39 is 0 Å². The van der Waals surface area contributed by atoms with Crippen LogP contribution in [0.5, 0.6) is 0 Å². The molecule has 0 aliphatic carbocycles. The van der Waals surface area contributed by atoms with Crippen molar-refractivity contribution in [1.82, 2.24) is 10.2 Å². The van der Waals surface area contributed by atoms with E-state index >= 15 is 0 Å².